The number of nitrogens with two attached hydrogens (primary N) is 1. The Labute approximate surface area is 55.7 Å². The van der Waals surface area contributed by atoms with Gasteiger partial charge in [-0.3, -0.25) is 5.84 Å². The highest BCUT2D eigenvalue weighted by atomic mass is 16.5. The molecule has 9 heavy (non-hydrogen) atoms. The summed E-state index contributed by atoms with van der Waals surface area (Å²) in [6.07, 6.45) is 3.67. The summed E-state index contributed by atoms with van der Waals surface area (Å²) in [5.74, 6) is 5.48. The maximum atomic E-state index is 5.48. The molecule has 0 amide bonds. The van der Waals surface area contributed by atoms with E-state index in [-0.39, 0.29) is 6.23 Å². The minimum atomic E-state index is 0.166. The van der Waals surface area contributed by atoms with E-state index in [4.69, 9.17) is 10.6 Å². The first-order chi connectivity index (χ1) is 4.30. The second-order valence-electron chi connectivity index (χ2n) is 2.49. The zero-order valence-corrected chi connectivity index (χ0v) is 5.84. The van der Waals surface area contributed by atoms with Crippen molar-refractivity contribution in [1.82, 2.24) is 5.01 Å². The van der Waals surface area contributed by atoms with E-state index in [1.807, 2.05) is 7.05 Å². The molecule has 0 spiro atoms. The van der Waals surface area contributed by atoms with Crippen molar-refractivity contribution in [1.29, 1.82) is 0 Å². The fraction of sp³-hybridized carbons (Fsp3) is 1.00. The Morgan fingerprint density at radius 1 is 1.56 bits per heavy atom. The SMILES string of the molecule is CN(N)C1CCCCO1. The summed E-state index contributed by atoms with van der Waals surface area (Å²) >= 11 is 0. The summed E-state index contributed by atoms with van der Waals surface area (Å²) in [5, 5.41) is 1.64. The fourth-order valence-electron chi connectivity index (χ4n) is 1.04. The van der Waals surface area contributed by atoms with Crippen LogP contribution in [0.15, 0.2) is 0 Å². The topological polar surface area (TPSA) is 38.5 Å². The number of hydrogen-bond acceptors (Lipinski definition) is 3. The van der Waals surface area contributed by atoms with Crippen LogP contribution in [0.4, 0.5) is 0 Å². The molecule has 2 N–H and O–H groups in total. The van der Waals surface area contributed by atoms with Gasteiger partial charge >= 0.3 is 0 Å². The molecule has 1 unspecified atom stereocenters. The first-order valence-electron chi connectivity index (χ1n) is 3.40. The second kappa shape index (κ2) is 3.15. The van der Waals surface area contributed by atoms with Crippen molar-refractivity contribution in [2.24, 2.45) is 5.84 Å². The highest BCUT2D eigenvalue weighted by molar-refractivity contribution is 4.58. The lowest BCUT2D eigenvalue weighted by Crippen LogP contribution is -2.41. The molecule has 0 radical (unpaired) electrons. The number of nitrogens with zero attached hydrogens (tertiary/aromatic N) is 1. The average Bonchev–Trinajstić information content (AvgIpc) is 1.90. The molecule has 1 aliphatic rings. The Balaban J connectivity index is 2.23. The van der Waals surface area contributed by atoms with Gasteiger partial charge in [0.1, 0.15) is 6.23 Å². The number of rotatable bonds is 1. The van der Waals surface area contributed by atoms with Gasteiger partial charge in [0.15, 0.2) is 0 Å². The smallest absolute Gasteiger partial charge is 0.122 e. The Morgan fingerprint density at radius 3 is 2.67 bits per heavy atom. The lowest BCUT2D eigenvalue weighted by atomic mass is 10.2. The molecule has 54 valence electrons. The maximum Gasteiger partial charge on any atom is 0.122 e. The van der Waals surface area contributed by atoms with Crippen LogP contribution in [0.5, 0.6) is 0 Å². The molecule has 1 rings (SSSR count). The molecule has 1 fully saturated rings. The highest BCUT2D eigenvalue weighted by Crippen LogP contribution is 2.12. The van der Waals surface area contributed by atoms with E-state index in [0.717, 1.165) is 13.0 Å². The zero-order valence-electron chi connectivity index (χ0n) is 5.84. The third kappa shape index (κ3) is 1.93. The molecule has 0 saturated carbocycles. The van der Waals surface area contributed by atoms with Gasteiger partial charge in [0.25, 0.3) is 0 Å². The van der Waals surface area contributed by atoms with E-state index in [1.165, 1.54) is 12.8 Å². The van der Waals surface area contributed by atoms with Gasteiger partial charge in [0, 0.05) is 13.7 Å². The van der Waals surface area contributed by atoms with Crippen molar-refractivity contribution in [2.45, 2.75) is 25.5 Å². The van der Waals surface area contributed by atoms with Crippen LogP contribution in [0, 0.1) is 0 Å². The van der Waals surface area contributed by atoms with E-state index in [9.17, 15) is 0 Å². The van der Waals surface area contributed by atoms with E-state index in [2.05, 4.69) is 0 Å². The summed E-state index contributed by atoms with van der Waals surface area (Å²) < 4.78 is 5.34. The van der Waals surface area contributed by atoms with Crippen molar-refractivity contribution >= 4 is 0 Å². The largest absolute Gasteiger partial charge is 0.362 e. The molecule has 0 aromatic rings. The van der Waals surface area contributed by atoms with Crippen molar-refractivity contribution < 1.29 is 4.74 Å². The Morgan fingerprint density at radius 2 is 2.33 bits per heavy atom. The molecule has 3 heteroatoms. The van der Waals surface area contributed by atoms with Crippen LogP contribution in [-0.4, -0.2) is 24.9 Å². The molecule has 0 aromatic carbocycles. The van der Waals surface area contributed by atoms with Crippen molar-refractivity contribution in [3.8, 4) is 0 Å². The van der Waals surface area contributed by atoms with Gasteiger partial charge in [-0.1, -0.05) is 0 Å². The van der Waals surface area contributed by atoms with Crippen LogP contribution >= 0.6 is 0 Å². The van der Waals surface area contributed by atoms with Gasteiger partial charge in [-0.15, -0.1) is 0 Å². The normalized spacial score (nSPS) is 29.0. The predicted octanol–water partition coefficient (Wildman–Crippen LogP) is 0.318. The van der Waals surface area contributed by atoms with Crippen LogP contribution in [0.25, 0.3) is 0 Å². The highest BCUT2D eigenvalue weighted by Gasteiger charge is 2.14. The van der Waals surface area contributed by atoms with Crippen LogP contribution in [0.3, 0.4) is 0 Å². The summed E-state index contributed by atoms with van der Waals surface area (Å²) in [7, 11) is 1.84. The van der Waals surface area contributed by atoms with E-state index in [0.29, 0.717) is 0 Å². The standard InChI is InChI=1S/C6H14N2O/c1-8(7)6-4-2-3-5-9-6/h6H,2-5,7H2,1H3. The predicted molar refractivity (Wildman–Crippen MR) is 35.5 cm³/mol. The van der Waals surface area contributed by atoms with Gasteiger partial charge in [0.05, 0.1) is 0 Å². The summed E-state index contributed by atoms with van der Waals surface area (Å²) in [5.41, 5.74) is 0. The monoisotopic (exact) mass is 130 g/mol. The van der Waals surface area contributed by atoms with Gasteiger partial charge < -0.3 is 4.74 Å². The molecule has 1 saturated heterocycles. The van der Waals surface area contributed by atoms with Crippen LogP contribution in [-0.2, 0) is 4.74 Å². The summed E-state index contributed by atoms with van der Waals surface area (Å²) in [6, 6.07) is 0. The van der Waals surface area contributed by atoms with Crippen molar-refractivity contribution in [3.63, 3.8) is 0 Å². The molecule has 0 aliphatic carbocycles. The van der Waals surface area contributed by atoms with Crippen LogP contribution < -0.4 is 5.84 Å². The molecular weight excluding hydrogens is 116 g/mol. The number of hydrazine groups is 1. The molecule has 1 heterocycles. The van der Waals surface area contributed by atoms with Crippen molar-refractivity contribution in [3.05, 3.63) is 0 Å². The van der Waals surface area contributed by atoms with Crippen molar-refractivity contribution in [2.75, 3.05) is 13.7 Å². The van der Waals surface area contributed by atoms with Gasteiger partial charge in [-0.05, 0) is 19.3 Å². The molecule has 0 aromatic heterocycles. The molecule has 1 aliphatic heterocycles. The Bertz CT molecular complexity index is 79.1. The molecule has 3 nitrogen and oxygen atoms in total. The van der Waals surface area contributed by atoms with Gasteiger partial charge in [0.2, 0.25) is 0 Å². The third-order valence-corrected chi connectivity index (χ3v) is 1.61. The van der Waals surface area contributed by atoms with E-state index >= 15 is 0 Å². The first-order valence-corrected chi connectivity index (χ1v) is 3.40. The molecule has 1 atom stereocenters. The summed E-state index contributed by atoms with van der Waals surface area (Å²) in [4.78, 5) is 0. The Kier molecular flexibility index (Phi) is 2.45. The molecular formula is C6H14N2O. The minimum Gasteiger partial charge on any atom is -0.362 e. The van der Waals surface area contributed by atoms with E-state index < -0.39 is 0 Å². The lowest BCUT2D eigenvalue weighted by Gasteiger charge is -2.27. The first kappa shape index (κ1) is 6.99. The average molecular weight is 130 g/mol. The maximum absolute atomic E-state index is 5.48. The van der Waals surface area contributed by atoms with Gasteiger partial charge in [-0.2, -0.15) is 0 Å². The van der Waals surface area contributed by atoms with Crippen LogP contribution in [0.1, 0.15) is 19.3 Å². The fourth-order valence-corrected chi connectivity index (χ4v) is 1.04. The lowest BCUT2D eigenvalue weighted by molar-refractivity contribution is -0.0757. The Hall–Kier alpha value is -0.120. The zero-order chi connectivity index (χ0) is 6.69. The number of ether oxygens (including phenoxy) is 1. The van der Waals surface area contributed by atoms with Crippen LogP contribution in [0.2, 0.25) is 0 Å². The van der Waals surface area contributed by atoms with E-state index in [1.54, 1.807) is 5.01 Å². The third-order valence-electron chi connectivity index (χ3n) is 1.61. The van der Waals surface area contributed by atoms with Gasteiger partial charge in [-0.25, -0.2) is 5.01 Å². The molecule has 0 bridgehead atoms. The number of hydrogen-bond donors (Lipinski definition) is 1. The second-order valence-corrected chi connectivity index (χ2v) is 2.49. The minimum absolute atomic E-state index is 0.166. The quantitative estimate of drug-likeness (QED) is 0.410. The summed E-state index contributed by atoms with van der Waals surface area (Å²) in [6.45, 7) is 0.867.